The molecule has 0 unspecified atom stereocenters. The van der Waals surface area contributed by atoms with Crippen LogP contribution in [0.5, 0.6) is 0 Å². The number of benzene rings is 1. The second kappa shape index (κ2) is 4.28. The second-order valence-electron chi connectivity index (χ2n) is 2.38. The Balaban J connectivity index is 3.52. The van der Waals surface area contributed by atoms with Crippen LogP contribution >= 0.6 is 11.6 Å². The normalized spacial score (nSPS) is 8.80. The molecule has 0 atom stereocenters. The summed E-state index contributed by atoms with van der Waals surface area (Å²) in [4.78, 5) is 12.2. The Morgan fingerprint density at radius 1 is 1.67 bits per heavy atom. The van der Waals surface area contributed by atoms with Crippen molar-refractivity contribution in [3.63, 3.8) is 0 Å². The zero-order valence-electron chi connectivity index (χ0n) is 7.09. The summed E-state index contributed by atoms with van der Waals surface area (Å²) in [5.41, 5.74) is 7.64. The lowest BCUT2D eigenvalue weighted by atomic mass is 10.2. The van der Waals surface area contributed by atoms with E-state index in [0.29, 0.717) is 0 Å². The largest absolute Gasteiger partial charge is 0.272 e. The van der Waals surface area contributed by atoms with E-state index in [1.54, 1.807) is 6.07 Å². The molecule has 0 amide bonds. The molecular formula is C7H2ClN5O2. The number of non-ortho nitro benzene ring substituents is 1. The summed E-state index contributed by atoms with van der Waals surface area (Å²) in [6, 6.07) is 3.68. The molecule has 15 heavy (non-hydrogen) atoms. The summed E-state index contributed by atoms with van der Waals surface area (Å²) >= 11 is 5.62. The Hall–Kier alpha value is -2.29. The molecule has 0 aromatic heterocycles. The summed E-state index contributed by atoms with van der Waals surface area (Å²) in [6.45, 7) is 0. The zero-order valence-corrected chi connectivity index (χ0v) is 7.84. The highest BCUT2D eigenvalue weighted by molar-refractivity contribution is 6.33. The Labute approximate surface area is 88.3 Å². The Morgan fingerprint density at radius 2 is 2.33 bits per heavy atom. The van der Waals surface area contributed by atoms with Gasteiger partial charge in [-0.25, -0.2) is 0 Å². The van der Waals surface area contributed by atoms with Gasteiger partial charge in [0.25, 0.3) is 5.69 Å². The van der Waals surface area contributed by atoms with E-state index in [4.69, 9.17) is 22.4 Å². The minimum absolute atomic E-state index is 0.104. The number of nitriles is 1. The van der Waals surface area contributed by atoms with Gasteiger partial charge in [0, 0.05) is 17.0 Å². The Bertz CT molecular complexity index is 515. The van der Waals surface area contributed by atoms with Crippen molar-refractivity contribution < 1.29 is 4.92 Å². The zero-order chi connectivity index (χ0) is 11.4. The summed E-state index contributed by atoms with van der Waals surface area (Å²) in [5.74, 6) is 0. The Morgan fingerprint density at radius 3 is 2.80 bits per heavy atom. The molecule has 7 nitrogen and oxygen atoms in total. The lowest BCUT2D eigenvalue weighted by Crippen LogP contribution is -1.89. The maximum absolute atomic E-state index is 10.4. The predicted molar refractivity (Wildman–Crippen MR) is 51.6 cm³/mol. The predicted octanol–water partition coefficient (Wildman–Crippen LogP) is 3.06. The first-order valence-electron chi connectivity index (χ1n) is 3.53. The van der Waals surface area contributed by atoms with Gasteiger partial charge in [0.1, 0.15) is 0 Å². The van der Waals surface area contributed by atoms with Crippen molar-refractivity contribution >= 4 is 23.0 Å². The summed E-state index contributed by atoms with van der Waals surface area (Å²) < 4.78 is 0. The molecule has 1 rings (SSSR count). The molecule has 0 N–H and O–H groups in total. The highest BCUT2D eigenvalue weighted by Gasteiger charge is 2.14. The molecule has 0 fully saturated rings. The van der Waals surface area contributed by atoms with E-state index in [1.807, 2.05) is 0 Å². The SMILES string of the molecule is N#Cc1cc([N+](=O)[O-])cc(Cl)c1N=[N+]=[N-]. The average molecular weight is 224 g/mol. The molecule has 1 aromatic rings. The molecule has 8 heteroatoms. The molecule has 0 aliphatic carbocycles. The van der Waals surface area contributed by atoms with Gasteiger partial charge in [-0.2, -0.15) is 5.26 Å². The van der Waals surface area contributed by atoms with Crippen LogP contribution in [0.25, 0.3) is 10.4 Å². The van der Waals surface area contributed by atoms with E-state index in [0.717, 1.165) is 12.1 Å². The van der Waals surface area contributed by atoms with Crippen molar-refractivity contribution in [2.24, 2.45) is 5.11 Å². The van der Waals surface area contributed by atoms with Crippen LogP contribution < -0.4 is 0 Å². The van der Waals surface area contributed by atoms with E-state index in [2.05, 4.69) is 10.0 Å². The lowest BCUT2D eigenvalue weighted by Gasteiger charge is -1.99. The number of nitro benzene ring substituents is 1. The molecule has 0 saturated heterocycles. The van der Waals surface area contributed by atoms with Crippen molar-refractivity contribution in [2.45, 2.75) is 0 Å². The molecule has 1 aromatic carbocycles. The molecule has 0 saturated carbocycles. The molecule has 0 aliphatic rings. The Kier molecular flexibility index (Phi) is 3.08. The lowest BCUT2D eigenvalue weighted by molar-refractivity contribution is -0.384. The van der Waals surface area contributed by atoms with Gasteiger partial charge in [0.05, 0.1) is 27.3 Å². The van der Waals surface area contributed by atoms with Crippen LogP contribution in [0.15, 0.2) is 17.2 Å². The van der Waals surface area contributed by atoms with Gasteiger partial charge >= 0.3 is 0 Å². The summed E-state index contributed by atoms with van der Waals surface area (Å²) in [7, 11) is 0. The van der Waals surface area contributed by atoms with Crippen LogP contribution in [-0.2, 0) is 0 Å². The average Bonchev–Trinajstić information content (AvgIpc) is 2.20. The van der Waals surface area contributed by atoms with Crippen LogP contribution in [0.4, 0.5) is 11.4 Å². The quantitative estimate of drug-likeness (QED) is 0.252. The number of rotatable bonds is 2. The van der Waals surface area contributed by atoms with Gasteiger partial charge in [-0.1, -0.05) is 16.7 Å². The number of halogens is 1. The van der Waals surface area contributed by atoms with Gasteiger partial charge in [0.2, 0.25) is 0 Å². The maximum atomic E-state index is 10.4. The van der Waals surface area contributed by atoms with E-state index >= 15 is 0 Å². The monoisotopic (exact) mass is 223 g/mol. The van der Waals surface area contributed by atoms with Crippen molar-refractivity contribution in [1.29, 1.82) is 5.26 Å². The highest BCUT2D eigenvalue weighted by atomic mass is 35.5. The molecular weight excluding hydrogens is 222 g/mol. The van der Waals surface area contributed by atoms with E-state index < -0.39 is 4.92 Å². The first-order valence-corrected chi connectivity index (χ1v) is 3.91. The molecule has 0 heterocycles. The smallest absolute Gasteiger partial charge is 0.258 e. The minimum atomic E-state index is -0.688. The van der Waals surface area contributed by atoms with Crippen LogP contribution in [0.2, 0.25) is 5.02 Å². The third-order valence-electron chi connectivity index (χ3n) is 1.52. The fourth-order valence-corrected chi connectivity index (χ4v) is 1.17. The van der Waals surface area contributed by atoms with Crippen LogP contribution in [0.1, 0.15) is 5.56 Å². The standard InChI is InChI=1S/C7H2ClN5O2/c8-6-2-5(13(14)15)1-4(3-9)7(6)11-12-10/h1-2H. The van der Waals surface area contributed by atoms with Gasteiger partial charge in [0.15, 0.2) is 0 Å². The number of nitrogens with zero attached hydrogens (tertiary/aromatic N) is 5. The molecule has 0 bridgehead atoms. The first-order chi connectivity index (χ1) is 7.10. The molecule has 0 aliphatic heterocycles. The molecule has 0 spiro atoms. The van der Waals surface area contributed by atoms with E-state index in [-0.39, 0.29) is 22.0 Å². The minimum Gasteiger partial charge on any atom is -0.258 e. The summed E-state index contributed by atoms with van der Waals surface area (Å²) in [6.07, 6.45) is 0. The van der Waals surface area contributed by atoms with Crippen molar-refractivity contribution in [1.82, 2.24) is 0 Å². The van der Waals surface area contributed by atoms with Crippen LogP contribution in [0.3, 0.4) is 0 Å². The molecule has 0 radical (unpaired) electrons. The maximum Gasteiger partial charge on any atom is 0.272 e. The fourth-order valence-electron chi connectivity index (χ4n) is 0.922. The van der Waals surface area contributed by atoms with E-state index in [1.165, 1.54) is 0 Å². The third kappa shape index (κ3) is 2.14. The topological polar surface area (TPSA) is 116 Å². The van der Waals surface area contributed by atoms with Gasteiger partial charge in [-0.3, -0.25) is 10.1 Å². The summed E-state index contributed by atoms with van der Waals surface area (Å²) in [5, 5.41) is 22.1. The van der Waals surface area contributed by atoms with Crippen LogP contribution in [0, 0.1) is 21.4 Å². The second-order valence-corrected chi connectivity index (χ2v) is 2.79. The van der Waals surface area contributed by atoms with Crippen molar-refractivity contribution in [2.75, 3.05) is 0 Å². The third-order valence-corrected chi connectivity index (χ3v) is 1.81. The van der Waals surface area contributed by atoms with Crippen molar-refractivity contribution in [3.8, 4) is 6.07 Å². The van der Waals surface area contributed by atoms with Gasteiger partial charge < -0.3 is 0 Å². The van der Waals surface area contributed by atoms with Gasteiger partial charge in [-0.05, 0) is 5.53 Å². The number of azide groups is 1. The number of hydrogen-bond acceptors (Lipinski definition) is 4. The van der Waals surface area contributed by atoms with Gasteiger partial charge in [-0.15, -0.1) is 0 Å². The number of hydrogen-bond donors (Lipinski definition) is 0. The first kappa shape index (κ1) is 10.8. The van der Waals surface area contributed by atoms with Crippen molar-refractivity contribution in [3.05, 3.63) is 43.3 Å². The molecule has 74 valence electrons. The van der Waals surface area contributed by atoms with Crippen LogP contribution in [-0.4, -0.2) is 4.92 Å². The van der Waals surface area contributed by atoms with E-state index in [9.17, 15) is 10.1 Å². The number of nitro groups is 1. The fraction of sp³-hybridized carbons (Fsp3) is 0. The highest BCUT2D eigenvalue weighted by Crippen LogP contribution is 2.33.